The Kier molecular flexibility index (Phi) is 4.13. The molecular weight excluding hydrogens is 270 g/mol. The van der Waals surface area contributed by atoms with Crippen molar-refractivity contribution in [3.05, 3.63) is 21.4 Å². The van der Waals surface area contributed by atoms with Gasteiger partial charge in [-0.2, -0.15) is 0 Å². The van der Waals surface area contributed by atoms with E-state index < -0.39 is 0 Å². The molecule has 0 unspecified atom stereocenters. The van der Waals surface area contributed by atoms with Crippen molar-refractivity contribution in [2.45, 2.75) is 63.3 Å². The molecule has 1 aromatic heterocycles. The molecule has 0 aromatic carbocycles. The fraction of sp³-hybridized carbons (Fsp3) is 0.688. The van der Waals surface area contributed by atoms with Crippen molar-refractivity contribution in [3.63, 3.8) is 0 Å². The zero-order valence-electron chi connectivity index (χ0n) is 11.9. The first kappa shape index (κ1) is 14.1. The number of fused-ring (bicyclic) bond motifs is 1. The van der Waals surface area contributed by atoms with Gasteiger partial charge in [0.25, 0.3) is 5.91 Å². The van der Waals surface area contributed by atoms with Crippen molar-refractivity contribution in [1.29, 1.82) is 0 Å². The monoisotopic (exact) mass is 293 g/mol. The van der Waals surface area contributed by atoms with Gasteiger partial charge in [0.1, 0.15) is 0 Å². The van der Waals surface area contributed by atoms with Crippen LogP contribution in [0.2, 0.25) is 0 Å². The highest BCUT2D eigenvalue weighted by atomic mass is 32.1. The third-order valence-electron chi connectivity index (χ3n) is 4.71. The van der Waals surface area contributed by atoms with Gasteiger partial charge in [-0.25, -0.2) is 0 Å². The Labute approximate surface area is 124 Å². The maximum absolute atomic E-state index is 12.4. The van der Waals surface area contributed by atoms with E-state index in [1.54, 1.807) is 11.3 Å². The van der Waals surface area contributed by atoms with E-state index in [0.29, 0.717) is 0 Å². The van der Waals surface area contributed by atoms with Crippen LogP contribution in [0.1, 0.15) is 65.1 Å². The van der Waals surface area contributed by atoms with Gasteiger partial charge in [0.15, 0.2) is 0 Å². The van der Waals surface area contributed by atoms with Gasteiger partial charge in [-0.15, -0.1) is 11.3 Å². The Hall–Kier alpha value is -0.870. The number of hydrogen-bond acceptors (Lipinski definition) is 3. The van der Waals surface area contributed by atoms with Crippen LogP contribution in [0.3, 0.4) is 0 Å². The molecule has 4 heteroatoms. The first-order chi connectivity index (χ1) is 9.72. The summed E-state index contributed by atoms with van der Waals surface area (Å²) in [5.41, 5.74) is 1.04. The molecule has 1 aromatic rings. The minimum Gasteiger partial charge on any atom is -0.394 e. The summed E-state index contributed by atoms with van der Waals surface area (Å²) in [6.45, 7) is 0.0594. The van der Waals surface area contributed by atoms with Crippen molar-refractivity contribution in [2.24, 2.45) is 0 Å². The van der Waals surface area contributed by atoms with E-state index in [4.69, 9.17) is 0 Å². The van der Waals surface area contributed by atoms with Crippen LogP contribution < -0.4 is 5.32 Å². The second-order valence-electron chi connectivity index (χ2n) is 6.22. The summed E-state index contributed by atoms with van der Waals surface area (Å²) in [7, 11) is 0. The topological polar surface area (TPSA) is 49.3 Å². The summed E-state index contributed by atoms with van der Waals surface area (Å²) < 4.78 is 0. The highest BCUT2D eigenvalue weighted by Gasteiger charge is 2.38. The first-order valence-electron chi connectivity index (χ1n) is 7.77. The number of amides is 1. The fourth-order valence-electron chi connectivity index (χ4n) is 3.18. The van der Waals surface area contributed by atoms with E-state index in [2.05, 4.69) is 11.4 Å². The molecule has 1 saturated carbocycles. The van der Waals surface area contributed by atoms with Crippen LogP contribution in [0.15, 0.2) is 6.07 Å². The zero-order chi connectivity index (χ0) is 14.0. The molecule has 0 saturated heterocycles. The van der Waals surface area contributed by atoms with E-state index in [9.17, 15) is 9.90 Å². The Balaban J connectivity index is 1.73. The van der Waals surface area contributed by atoms with E-state index in [-0.39, 0.29) is 18.1 Å². The van der Waals surface area contributed by atoms with Crippen LogP contribution in [-0.4, -0.2) is 23.2 Å². The van der Waals surface area contributed by atoms with E-state index in [1.165, 1.54) is 36.1 Å². The number of aryl methyl sites for hydroxylation is 2. The molecule has 0 spiro atoms. The average Bonchev–Trinajstić information content (AvgIpc) is 2.76. The third-order valence-corrected chi connectivity index (χ3v) is 5.95. The first-order valence-corrected chi connectivity index (χ1v) is 8.59. The molecule has 3 rings (SSSR count). The second-order valence-corrected chi connectivity index (χ2v) is 7.36. The number of nitrogens with one attached hydrogen (secondary N) is 1. The average molecular weight is 293 g/mol. The third kappa shape index (κ3) is 2.77. The molecule has 2 N–H and O–H groups in total. The number of aliphatic hydroxyl groups excluding tert-OH is 1. The van der Waals surface area contributed by atoms with Crippen LogP contribution in [-0.2, 0) is 12.8 Å². The second kappa shape index (κ2) is 5.86. The molecule has 0 atom stereocenters. The lowest BCUT2D eigenvalue weighted by molar-refractivity contribution is 0.0645. The predicted octanol–water partition coefficient (Wildman–Crippen LogP) is 3.05. The molecule has 0 aliphatic heterocycles. The van der Waals surface area contributed by atoms with Crippen molar-refractivity contribution in [2.75, 3.05) is 6.61 Å². The van der Waals surface area contributed by atoms with Crippen LogP contribution >= 0.6 is 11.3 Å². The molecule has 1 heterocycles. The summed E-state index contributed by atoms with van der Waals surface area (Å²) in [6, 6.07) is 2.09. The largest absolute Gasteiger partial charge is 0.394 e. The van der Waals surface area contributed by atoms with Crippen LogP contribution in [0, 0.1) is 0 Å². The number of carbonyl (C=O) groups is 1. The van der Waals surface area contributed by atoms with E-state index in [1.807, 2.05) is 0 Å². The fourth-order valence-corrected chi connectivity index (χ4v) is 4.33. The molecule has 0 radical (unpaired) electrons. The van der Waals surface area contributed by atoms with Crippen molar-refractivity contribution in [3.8, 4) is 0 Å². The molecule has 20 heavy (non-hydrogen) atoms. The predicted molar refractivity (Wildman–Crippen MR) is 81.3 cm³/mol. The van der Waals surface area contributed by atoms with Gasteiger partial charge in [0.2, 0.25) is 0 Å². The number of carbonyl (C=O) groups excluding carboxylic acids is 1. The normalized spacial score (nSPS) is 21.2. The number of rotatable bonds is 3. The van der Waals surface area contributed by atoms with Gasteiger partial charge in [0.05, 0.1) is 17.0 Å². The van der Waals surface area contributed by atoms with Crippen molar-refractivity contribution < 1.29 is 9.90 Å². The minimum absolute atomic E-state index is 0.00972. The van der Waals surface area contributed by atoms with Crippen molar-refractivity contribution >= 4 is 17.2 Å². The minimum atomic E-state index is -0.338. The van der Waals surface area contributed by atoms with Gasteiger partial charge >= 0.3 is 0 Å². The quantitative estimate of drug-likeness (QED) is 0.900. The molecule has 3 nitrogen and oxygen atoms in total. The highest BCUT2D eigenvalue weighted by molar-refractivity contribution is 7.14. The van der Waals surface area contributed by atoms with Crippen molar-refractivity contribution in [1.82, 2.24) is 5.32 Å². The summed E-state index contributed by atoms with van der Waals surface area (Å²) in [5, 5.41) is 12.5. The molecular formula is C16H23NO2S. The molecule has 2 aliphatic carbocycles. The molecule has 1 amide bonds. The summed E-state index contributed by atoms with van der Waals surface area (Å²) in [6.07, 6.45) is 10.3. The number of aliphatic hydroxyl groups is 1. The molecule has 2 aliphatic rings. The zero-order valence-corrected chi connectivity index (χ0v) is 12.7. The number of hydrogen-bond donors (Lipinski definition) is 2. The lowest BCUT2D eigenvalue weighted by atomic mass is 9.77. The lowest BCUT2D eigenvalue weighted by Gasteiger charge is -2.40. The van der Waals surface area contributed by atoms with Gasteiger partial charge in [0, 0.05) is 4.88 Å². The smallest absolute Gasteiger partial charge is 0.261 e. The van der Waals surface area contributed by atoms with Crippen LogP contribution in [0.4, 0.5) is 0 Å². The Morgan fingerprint density at radius 2 is 1.95 bits per heavy atom. The van der Waals surface area contributed by atoms with Crippen LogP contribution in [0.5, 0.6) is 0 Å². The van der Waals surface area contributed by atoms with E-state index in [0.717, 1.165) is 37.0 Å². The highest BCUT2D eigenvalue weighted by Crippen LogP contribution is 2.33. The maximum atomic E-state index is 12.4. The molecule has 0 bridgehead atoms. The SMILES string of the molecule is O=C(NC1(CO)CCC1)c1cc2c(s1)CCCCCC2. The lowest BCUT2D eigenvalue weighted by Crippen LogP contribution is -2.56. The standard InChI is InChI=1S/C16H23NO2S/c18-11-16(8-5-9-16)17-15(19)14-10-12-6-3-1-2-4-7-13(12)20-14/h10,18H,1-9,11H2,(H,17,19). The van der Waals surface area contributed by atoms with Gasteiger partial charge in [-0.05, 0) is 56.6 Å². The van der Waals surface area contributed by atoms with Gasteiger partial charge in [-0.1, -0.05) is 12.8 Å². The Morgan fingerprint density at radius 3 is 2.60 bits per heavy atom. The number of thiophene rings is 1. The summed E-state index contributed by atoms with van der Waals surface area (Å²) in [4.78, 5) is 14.6. The van der Waals surface area contributed by atoms with Crippen LogP contribution in [0.25, 0.3) is 0 Å². The Morgan fingerprint density at radius 1 is 1.20 bits per heavy atom. The van der Waals surface area contributed by atoms with Gasteiger partial charge in [-0.3, -0.25) is 4.79 Å². The molecule has 110 valence electrons. The maximum Gasteiger partial charge on any atom is 0.261 e. The molecule has 1 fully saturated rings. The summed E-state index contributed by atoms with van der Waals surface area (Å²) in [5.74, 6) is 0.00972. The van der Waals surface area contributed by atoms with E-state index >= 15 is 0 Å². The Bertz CT molecular complexity index is 460. The summed E-state index contributed by atoms with van der Waals surface area (Å²) >= 11 is 1.66. The van der Waals surface area contributed by atoms with Gasteiger partial charge < -0.3 is 10.4 Å².